The Morgan fingerprint density at radius 2 is 1.59 bits per heavy atom. The van der Waals surface area contributed by atoms with Crippen LogP contribution in [0.5, 0.6) is 0 Å². The monoisotopic (exact) mass is 384 g/mol. The zero-order valence-corrected chi connectivity index (χ0v) is 16.6. The quantitative estimate of drug-likeness (QED) is 0.575. The molecule has 4 nitrogen and oxygen atoms in total. The lowest BCUT2D eigenvalue weighted by molar-refractivity contribution is -0.0286. The number of rotatable bonds is 3. The molecule has 2 aliphatic heterocycles. The van der Waals surface area contributed by atoms with Crippen molar-refractivity contribution in [2.75, 3.05) is 7.05 Å². The van der Waals surface area contributed by atoms with Crippen molar-refractivity contribution >= 4 is 16.8 Å². The maximum absolute atomic E-state index is 13.1. The normalized spacial score (nSPS) is 26.6. The van der Waals surface area contributed by atoms with Gasteiger partial charge in [-0.05, 0) is 34.9 Å². The summed E-state index contributed by atoms with van der Waals surface area (Å²) in [5.74, 6) is 0. The van der Waals surface area contributed by atoms with E-state index in [1.54, 1.807) is 4.90 Å². The van der Waals surface area contributed by atoms with E-state index in [0.29, 0.717) is 0 Å². The molecule has 2 aliphatic rings. The van der Waals surface area contributed by atoms with Crippen LogP contribution in [0.4, 0.5) is 4.79 Å². The first-order valence-electron chi connectivity index (χ1n) is 10.1. The van der Waals surface area contributed by atoms with Crippen molar-refractivity contribution in [3.05, 3.63) is 96.1 Å². The molecule has 0 saturated carbocycles. The molecule has 0 aromatic heterocycles. The van der Waals surface area contributed by atoms with Gasteiger partial charge in [-0.25, -0.2) is 4.79 Å². The van der Waals surface area contributed by atoms with Gasteiger partial charge in [0.25, 0.3) is 0 Å². The Kier molecular flexibility index (Phi) is 4.36. The minimum Gasteiger partial charge on any atom is -0.342 e. The van der Waals surface area contributed by atoms with E-state index in [1.807, 2.05) is 48.4 Å². The molecule has 0 spiro atoms. The molecule has 0 bridgehead atoms. The van der Waals surface area contributed by atoms with Crippen molar-refractivity contribution in [2.45, 2.75) is 31.3 Å². The van der Waals surface area contributed by atoms with Crippen LogP contribution in [-0.4, -0.2) is 35.1 Å². The number of ether oxygens (including phenoxy) is 1. The SMILES string of the molecule is C[C@H]1[C@@H](c2ccccc2)N([C@H]2C=C[C@H](c3cccc4ccccc34)O2)C(=O)N1C. The van der Waals surface area contributed by atoms with E-state index < -0.39 is 0 Å². The number of carbonyl (C=O) groups excluding carboxylic acids is 1. The first-order valence-corrected chi connectivity index (χ1v) is 10.1. The highest BCUT2D eigenvalue weighted by atomic mass is 16.5. The van der Waals surface area contributed by atoms with Crippen molar-refractivity contribution < 1.29 is 9.53 Å². The lowest BCUT2D eigenvalue weighted by Crippen LogP contribution is -2.39. The molecule has 2 amide bonds. The summed E-state index contributed by atoms with van der Waals surface area (Å²) in [5.41, 5.74) is 2.26. The van der Waals surface area contributed by atoms with Crippen LogP contribution in [0, 0.1) is 0 Å². The highest BCUT2D eigenvalue weighted by Gasteiger charge is 2.46. The predicted molar refractivity (Wildman–Crippen MR) is 114 cm³/mol. The Hall–Kier alpha value is -3.11. The van der Waals surface area contributed by atoms with Crippen molar-refractivity contribution in [3.63, 3.8) is 0 Å². The molecule has 0 radical (unpaired) electrons. The Morgan fingerprint density at radius 1 is 0.862 bits per heavy atom. The summed E-state index contributed by atoms with van der Waals surface area (Å²) in [4.78, 5) is 16.8. The third-order valence-corrected chi connectivity index (χ3v) is 6.17. The molecule has 4 atom stereocenters. The molecule has 29 heavy (non-hydrogen) atoms. The van der Waals surface area contributed by atoms with Gasteiger partial charge in [0, 0.05) is 7.05 Å². The molecule has 4 heteroatoms. The summed E-state index contributed by atoms with van der Waals surface area (Å²) in [6.07, 6.45) is 3.54. The van der Waals surface area contributed by atoms with E-state index in [2.05, 4.69) is 55.5 Å². The van der Waals surface area contributed by atoms with Crippen LogP contribution in [0.15, 0.2) is 84.9 Å². The molecule has 2 heterocycles. The maximum Gasteiger partial charge on any atom is 0.322 e. The number of fused-ring (bicyclic) bond motifs is 1. The fraction of sp³-hybridized carbons (Fsp3) is 0.240. The predicted octanol–water partition coefficient (Wildman–Crippen LogP) is 5.29. The Morgan fingerprint density at radius 3 is 2.41 bits per heavy atom. The molecule has 0 unspecified atom stereocenters. The Balaban J connectivity index is 1.47. The topological polar surface area (TPSA) is 32.8 Å². The summed E-state index contributed by atoms with van der Waals surface area (Å²) in [6, 6.07) is 24.8. The standard InChI is InChI=1S/C25H24N2O2/c1-17-24(19-10-4-3-5-11-19)27(25(28)26(17)2)23-16-15-22(29-23)21-14-8-12-18-9-6-7-13-20(18)21/h3-17,22-24H,1-2H3/t17-,22+,23+,24-/m0/s1. The Bertz CT molecular complexity index is 1070. The second kappa shape index (κ2) is 7.05. The lowest BCUT2D eigenvalue weighted by atomic mass is 10.0. The number of urea groups is 1. The zero-order chi connectivity index (χ0) is 20.0. The number of carbonyl (C=O) groups is 1. The van der Waals surface area contributed by atoms with E-state index in [9.17, 15) is 4.79 Å². The summed E-state index contributed by atoms with van der Waals surface area (Å²) in [7, 11) is 1.86. The largest absolute Gasteiger partial charge is 0.342 e. The second-order valence-corrected chi connectivity index (χ2v) is 7.80. The van der Waals surface area contributed by atoms with Gasteiger partial charge in [-0.15, -0.1) is 0 Å². The summed E-state index contributed by atoms with van der Waals surface area (Å²) in [5, 5.41) is 2.38. The smallest absolute Gasteiger partial charge is 0.322 e. The van der Waals surface area contributed by atoms with Gasteiger partial charge in [-0.3, -0.25) is 4.90 Å². The van der Waals surface area contributed by atoms with E-state index >= 15 is 0 Å². The molecule has 3 aromatic rings. The number of hydrogen-bond donors (Lipinski definition) is 0. The summed E-state index contributed by atoms with van der Waals surface area (Å²) >= 11 is 0. The van der Waals surface area contributed by atoms with Gasteiger partial charge in [-0.1, -0.05) is 78.9 Å². The number of nitrogens with zero attached hydrogens (tertiary/aromatic N) is 2. The van der Waals surface area contributed by atoms with E-state index in [4.69, 9.17) is 4.74 Å². The fourth-order valence-electron chi connectivity index (χ4n) is 4.55. The van der Waals surface area contributed by atoms with Gasteiger partial charge < -0.3 is 9.64 Å². The van der Waals surface area contributed by atoms with Gasteiger partial charge in [0.05, 0.1) is 12.1 Å². The van der Waals surface area contributed by atoms with Crippen LogP contribution in [0.3, 0.4) is 0 Å². The van der Waals surface area contributed by atoms with E-state index in [-0.39, 0.29) is 30.4 Å². The van der Waals surface area contributed by atoms with Crippen molar-refractivity contribution in [2.24, 2.45) is 0 Å². The third kappa shape index (κ3) is 2.91. The van der Waals surface area contributed by atoms with Crippen LogP contribution >= 0.6 is 0 Å². The number of likely N-dealkylation sites (N-methyl/N-ethyl adjacent to an activating group) is 1. The van der Waals surface area contributed by atoms with Crippen molar-refractivity contribution in [3.8, 4) is 0 Å². The lowest BCUT2D eigenvalue weighted by Gasteiger charge is -2.30. The van der Waals surface area contributed by atoms with Crippen LogP contribution < -0.4 is 0 Å². The number of amides is 2. The summed E-state index contributed by atoms with van der Waals surface area (Å²) < 4.78 is 6.43. The molecular formula is C25H24N2O2. The van der Waals surface area contributed by atoms with Gasteiger partial charge in [0.15, 0.2) is 6.23 Å². The zero-order valence-electron chi connectivity index (χ0n) is 16.6. The third-order valence-electron chi connectivity index (χ3n) is 6.17. The minimum absolute atomic E-state index is 0.000396. The summed E-state index contributed by atoms with van der Waals surface area (Å²) in [6.45, 7) is 2.09. The highest BCUT2D eigenvalue weighted by Crippen LogP contribution is 2.40. The van der Waals surface area contributed by atoms with Crippen molar-refractivity contribution in [1.82, 2.24) is 9.80 Å². The molecule has 3 aromatic carbocycles. The first kappa shape index (κ1) is 18.0. The van der Waals surface area contributed by atoms with E-state index in [0.717, 1.165) is 11.1 Å². The first-order chi connectivity index (χ1) is 14.1. The molecule has 0 N–H and O–H groups in total. The maximum atomic E-state index is 13.1. The van der Waals surface area contributed by atoms with Crippen molar-refractivity contribution in [1.29, 1.82) is 0 Å². The van der Waals surface area contributed by atoms with E-state index in [1.165, 1.54) is 10.8 Å². The van der Waals surface area contributed by atoms with Crippen LogP contribution in [0.1, 0.15) is 30.2 Å². The van der Waals surface area contributed by atoms with Gasteiger partial charge >= 0.3 is 6.03 Å². The Labute approximate surface area is 171 Å². The molecule has 5 rings (SSSR count). The van der Waals surface area contributed by atoms with Gasteiger partial charge in [-0.2, -0.15) is 0 Å². The average Bonchev–Trinajstić information content (AvgIpc) is 3.33. The molecule has 0 aliphatic carbocycles. The molecule has 1 saturated heterocycles. The number of benzene rings is 3. The molecular weight excluding hydrogens is 360 g/mol. The van der Waals surface area contributed by atoms with Crippen LogP contribution in [-0.2, 0) is 4.74 Å². The number of hydrogen-bond acceptors (Lipinski definition) is 2. The van der Waals surface area contributed by atoms with Crippen LogP contribution in [0.25, 0.3) is 10.8 Å². The molecule has 146 valence electrons. The second-order valence-electron chi connectivity index (χ2n) is 7.80. The van der Waals surface area contributed by atoms with Crippen LogP contribution in [0.2, 0.25) is 0 Å². The fourth-order valence-corrected chi connectivity index (χ4v) is 4.55. The minimum atomic E-state index is -0.385. The van der Waals surface area contributed by atoms with Gasteiger partial charge in [0.1, 0.15) is 6.10 Å². The highest BCUT2D eigenvalue weighted by molar-refractivity contribution is 5.86. The molecule has 1 fully saturated rings. The average molecular weight is 384 g/mol. The van der Waals surface area contributed by atoms with Gasteiger partial charge in [0.2, 0.25) is 0 Å².